The van der Waals surface area contributed by atoms with Crippen molar-refractivity contribution in [3.05, 3.63) is 65.7 Å². The Morgan fingerprint density at radius 1 is 0.970 bits per heavy atom. The Balaban J connectivity index is 1.12. The van der Waals surface area contributed by atoms with Gasteiger partial charge in [-0.1, -0.05) is 36.4 Å². The van der Waals surface area contributed by atoms with E-state index in [1.165, 1.54) is 11.1 Å². The van der Waals surface area contributed by atoms with Crippen LogP contribution >= 0.6 is 0 Å². The number of nitrogens with zero attached hydrogens (tertiary/aromatic N) is 3. The quantitative estimate of drug-likeness (QED) is 0.624. The third-order valence-corrected chi connectivity index (χ3v) is 7.06. The third kappa shape index (κ3) is 5.02. The molecule has 1 saturated heterocycles. The van der Waals surface area contributed by atoms with Crippen molar-refractivity contribution >= 4 is 22.5 Å². The van der Waals surface area contributed by atoms with E-state index in [9.17, 15) is 4.79 Å². The van der Waals surface area contributed by atoms with Crippen LogP contribution in [-0.4, -0.2) is 60.5 Å². The van der Waals surface area contributed by atoms with Crippen LogP contribution < -0.4 is 10.1 Å². The number of hydrogen-bond acceptors (Lipinski definition) is 5. The molecule has 6 nitrogen and oxygen atoms in total. The minimum Gasteiger partial charge on any atom is -0.481 e. The van der Waals surface area contributed by atoms with Gasteiger partial charge in [-0.2, -0.15) is 0 Å². The van der Waals surface area contributed by atoms with Crippen molar-refractivity contribution in [2.75, 3.05) is 45.2 Å². The Morgan fingerprint density at radius 3 is 2.58 bits per heavy atom. The molecule has 33 heavy (non-hydrogen) atoms. The summed E-state index contributed by atoms with van der Waals surface area (Å²) in [7, 11) is 1.60. The van der Waals surface area contributed by atoms with E-state index >= 15 is 0 Å². The highest BCUT2D eigenvalue weighted by atomic mass is 16.5. The summed E-state index contributed by atoms with van der Waals surface area (Å²) in [6, 6.07) is 18.5. The Labute approximate surface area is 195 Å². The number of ether oxygens (including phenoxy) is 1. The van der Waals surface area contributed by atoms with Crippen LogP contribution in [-0.2, 0) is 17.8 Å². The predicted octanol–water partition coefficient (Wildman–Crippen LogP) is 3.95. The topological polar surface area (TPSA) is 57.7 Å². The second kappa shape index (κ2) is 9.89. The van der Waals surface area contributed by atoms with Gasteiger partial charge < -0.3 is 15.0 Å². The number of amides is 1. The van der Waals surface area contributed by atoms with Gasteiger partial charge in [-0.3, -0.25) is 9.69 Å². The molecule has 1 fully saturated rings. The average Bonchev–Trinajstić information content (AvgIpc) is 2.87. The first-order valence-corrected chi connectivity index (χ1v) is 12.0. The maximum absolute atomic E-state index is 13.0. The van der Waals surface area contributed by atoms with Crippen molar-refractivity contribution < 1.29 is 9.53 Å². The predicted molar refractivity (Wildman–Crippen MR) is 132 cm³/mol. The minimum atomic E-state index is 0.0453. The lowest BCUT2D eigenvalue weighted by atomic mass is 9.95. The Morgan fingerprint density at radius 2 is 1.76 bits per heavy atom. The normalized spacial score (nSPS) is 17.6. The van der Waals surface area contributed by atoms with Crippen LogP contribution in [0.4, 0.5) is 5.69 Å². The summed E-state index contributed by atoms with van der Waals surface area (Å²) < 4.78 is 5.26. The summed E-state index contributed by atoms with van der Waals surface area (Å²) in [5, 5.41) is 4.12. The summed E-state index contributed by atoms with van der Waals surface area (Å²) in [6.07, 6.45) is 2.94. The van der Waals surface area contributed by atoms with Gasteiger partial charge in [0.1, 0.15) is 0 Å². The number of pyridine rings is 1. The van der Waals surface area contributed by atoms with Gasteiger partial charge >= 0.3 is 0 Å². The third-order valence-electron chi connectivity index (χ3n) is 7.06. The van der Waals surface area contributed by atoms with Gasteiger partial charge in [0, 0.05) is 43.5 Å². The number of likely N-dealkylation sites (tertiary alicyclic amines) is 1. The van der Waals surface area contributed by atoms with E-state index in [-0.39, 0.29) is 11.8 Å². The fourth-order valence-corrected chi connectivity index (χ4v) is 5.03. The highest BCUT2D eigenvalue weighted by molar-refractivity contribution is 6.01. The molecule has 0 unspecified atom stereocenters. The smallest absolute Gasteiger partial charge is 0.227 e. The zero-order valence-corrected chi connectivity index (χ0v) is 19.3. The first-order valence-electron chi connectivity index (χ1n) is 12.0. The fraction of sp³-hybridized carbons (Fsp3) is 0.407. The van der Waals surface area contributed by atoms with Gasteiger partial charge in [0.25, 0.3) is 0 Å². The second-order valence-corrected chi connectivity index (χ2v) is 9.13. The van der Waals surface area contributed by atoms with Crippen molar-refractivity contribution in [1.29, 1.82) is 0 Å². The Kier molecular flexibility index (Phi) is 6.55. The van der Waals surface area contributed by atoms with Crippen molar-refractivity contribution in [2.45, 2.75) is 25.8 Å². The molecule has 1 N–H and O–H groups in total. The molecule has 0 aliphatic carbocycles. The zero-order chi connectivity index (χ0) is 22.6. The summed E-state index contributed by atoms with van der Waals surface area (Å²) in [5.74, 6) is 0.693. The number of piperidine rings is 1. The SMILES string of the molecule is COc1ccc2cccc(NC(=O)C3CCN(CCN4CCc5ccccc5C4)CC3)c2n1. The van der Waals surface area contributed by atoms with Crippen LogP contribution in [0.1, 0.15) is 24.0 Å². The number of para-hydroxylation sites is 1. The molecule has 1 aromatic heterocycles. The van der Waals surface area contributed by atoms with Gasteiger partial charge in [-0.15, -0.1) is 0 Å². The molecule has 1 amide bonds. The van der Waals surface area contributed by atoms with Crippen molar-refractivity contribution in [3.8, 4) is 5.88 Å². The van der Waals surface area contributed by atoms with E-state index in [1.54, 1.807) is 7.11 Å². The van der Waals surface area contributed by atoms with Crippen LogP contribution in [0.3, 0.4) is 0 Å². The number of rotatable bonds is 6. The van der Waals surface area contributed by atoms with Crippen molar-refractivity contribution in [2.24, 2.45) is 5.92 Å². The molecule has 3 heterocycles. The maximum atomic E-state index is 13.0. The average molecular weight is 445 g/mol. The molecule has 6 heteroatoms. The molecule has 0 atom stereocenters. The van der Waals surface area contributed by atoms with E-state index in [4.69, 9.17) is 4.74 Å². The summed E-state index contributed by atoms with van der Waals surface area (Å²) in [6.45, 7) is 6.31. The molecule has 2 aromatic carbocycles. The van der Waals surface area contributed by atoms with E-state index in [0.29, 0.717) is 5.88 Å². The number of nitrogens with one attached hydrogen (secondary N) is 1. The number of carbonyl (C=O) groups excluding carboxylic acids is 1. The second-order valence-electron chi connectivity index (χ2n) is 9.13. The maximum Gasteiger partial charge on any atom is 0.227 e. The van der Waals surface area contributed by atoms with Gasteiger partial charge in [0.15, 0.2) is 0 Å². The van der Waals surface area contributed by atoms with E-state index in [2.05, 4.69) is 44.4 Å². The molecule has 3 aromatic rings. The number of anilines is 1. The molecule has 5 rings (SSSR count). The lowest BCUT2D eigenvalue weighted by Gasteiger charge is -2.34. The molecule has 0 radical (unpaired) electrons. The lowest BCUT2D eigenvalue weighted by molar-refractivity contribution is -0.121. The molecular weight excluding hydrogens is 412 g/mol. The Hall–Kier alpha value is -2.96. The fourth-order valence-electron chi connectivity index (χ4n) is 5.03. The van der Waals surface area contributed by atoms with E-state index in [1.807, 2.05) is 30.3 Å². The first-order chi connectivity index (χ1) is 16.2. The number of fused-ring (bicyclic) bond motifs is 2. The molecule has 0 saturated carbocycles. The highest BCUT2D eigenvalue weighted by Gasteiger charge is 2.26. The summed E-state index contributed by atoms with van der Waals surface area (Å²) in [5.41, 5.74) is 4.50. The molecule has 2 aliphatic heterocycles. The van der Waals surface area contributed by atoms with Crippen molar-refractivity contribution in [3.63, 3.8) is 0 Å². The number of hydrogen-bond donors (Lipinski definition) is 1. The number of carbonyl (C=O) groups is 1. The van der Waals surface area contributed by atoms with Gasteiger partial charge in [-0.05, 0) is 55.6 Å². The van der Waals surface area contributed by atoms with Gasteiger partial charge in [0.2, 0.25) is 11.8 Å². The zero-order valence-electron chi connectivity index (χ0n) is 19.3. The van der Waals surface area contributed by atoms with Crippen LogP contribution in [0.15, 0.2) is 54.6 Å². The van der Waals surface area contributed by atoms with Crippen LogP contribution in [0.25, 0.3) is 10.9 Å². The molecule has 0 bridgehead atoms. The van der Waals surface area contributed by atoms with Crippen LogP contribution in [0, 0.1) is 5.92 Å². The molecular formula is C27H32N4O2. The van der Waals surface area contributed by atoms with E-state index in [0.717, 1.165) is 75.1 Å². The Bertz CT molecular complexity index is 1120. The van der Waals surface area contributed by atoms with Crippen molar-refractivity contribution in [1.82, 2.24) is 14.8 Å². The highest BCUT2D eigenvalue weighted by Crippen LogP contribution is 2.26. The van der Waals surface area contributed by atoms with Gasteiger partial charge in [0.05, 0.1) is 18.3 Å². The van der Waals surface area contributed by atoms with Crippen LogP contribution in [0.2, 0.25) is 0 Å². The lowest BCUT2D eigenvalue weighted by Crippen LogP contribution is -2.42. The standard InChI is InChI=1S/C27H32N4O2/c1-33-25-10-9-21-7-4-8-24(26(21)29-25)28-27(32)22-12-14-30(15-13-22)17-18-31-16-11-20-5-2-3-6-23(20)19-31/h2-10,22H,11-19H2,1H3,(H,28,32). The van der Waals surface area contributed by atoms with E-state index < -0.39 is 0 Å². The summed E-state index contributed by atoms with van der Waals surface area (Å²) in [4.78, 5) is 22.6. The number of benzene rings is 2. The molecule has 172 valence electrons. The monoisotopic (exact) mass is 444 g/mol. The largest absolute Gasteiger partial charge is 0.481 e. The first kappa shape index (κ1) is 21.9. The number of aromatic nitrogens is 1. The van der Waals surface area contributed by atoms with Crippen LogP contribution in [0.5, 0.6) is 5.88 Å². The molecule has 2 aliphatic rings. The van der Waals surface area contributed by atoms with Gasteiger partial charge in [-0.25, -0.2) is 4.98 Å². The number of methoxy groups -OCH3 is 1. The summed E-state index contributed by atoms with van der Waals surface area (Å²) >= 11 is 0. The molecule has 0 spiro atoms. The minimum absolute atomic E-state index is 0.0453.